The Morgan fingerprint density at radius 2 is 2.00 bits per heavy atom. The van der Waals surface area contributed by atoms with E-state index >= 15 is 0 Å². The Kier molecular flexibility index (Phi) is 5.57. The molecule has 0 aromatic heterocycles. The van der Waals surface area contributed by atoms with E-state index in [0.717, 1.165) is 0 Å². The lowest BCUT2D eigenvalue weighted by molar-refractivity contribution is -0.148. The summed E-state index contributed by atoms with van der Waals surface area (Å²) in [6, 6.07) is -0.999. The van der Waals surface area contributed by atoms with Crippen molar-refractivity contribution in [1.82, 2.24) is 15.1 Å². The van der Waals surface area contributed by atoms with Crippen molar-refractivity contribution >= 4 is 17.9 Å². The highest BCUT2D eigenvalue weighted by molar-refractivity contribution is 5.87. The summed E-state index contributed by atoms with van der Waals surface area (Å²) in [7, 11) is 1.67. The van der Waals surface area contributed by atoms with Gasteiger partial charge in [-0.3, -0.25) is 9.59 Å². The van der Waals surface area contributed by atoms with Crippen LogP contribution in [0.15, 0.2) is 0 Å². The molecule has 2 unspecified atom stereocenters. The van der Waals surface area contributed by atoms with Crippen LogP contribution in [0.25, 0.3) is 0 Å². The number of likely N-dealkylation sites (tertiary alicyclic amines) is 1. The average molecular weight is 299 g/mol. The van der Waals surface area contributed by atoms with Crippen LogP contribution in [0.5, 0.6) is 0 Å². The highest BCUT2D eigenvalue weighted by Crippen LogP contribution is 2.34. The second-order valence-electron chi connectivity index (χ2n) is 5.63. The van der Waals surface area contributed by atoms with Gasteiger partial charge in [-0.05, 0) is 26.7 Å². The number of hydrogen-bond donors (Lipinski definition) is 2. The third-order valence-corrected chi connectivity index (χ3v) is 4.33. The smallest absolute Gasteiger partial charge is 0.318 e. The normalized spacial score (nSPS) is 22.8. The fraction of sp³-hybridized carbons (Fsp3) is 0.786. The van der Waals surface area contributed by atoms with E-state index in [1.807, 2.05) is 13.8 Å². The zero-order valence-electron chi connectivity index (χ0n) is 13.2. The molecule has 1 rings (SSSR count). The van der Waals surface area contributed by atoms with Crippen LogP contribution < -0.4 is 5.32 Å². The van der Waals surface area contributed by atoms with Crippen molar-refractivity contribution in [1.29, 1.82) is 0 Å². The van der Waals surface area contributed by atoms with Crippen molar-refractivity contribution in [3.05, 3.63) is 0 Å². The van der Waals surface area contributed by atoms with E-state index in [2.05, 4.69) is 5.32 Å². The summed E-state index contributed by atoms with van der Waals surface area (Å²) in [5, 5.41) is 12.0. The van der Waals surface area contributed by atoms with Gasteiger partial charge in [0.05, 0.1) is 5.41 Å². The topological polar surface area (TPSA) is 90.0 Å². The maximum atomic E-state index is 12.1. The minimum Gasteiger partial charge on any atom is -0.481 e. The molecule has 7 nitrogen and oxygen atoms in total. The van der Waals surface area contributed by atoms with Gasteiger partial charge in [0.2, 0.25) is 5.91 Å². The van der Waals surface area contributed by atoms with Crippen molar-refractivity contribution < 1.29 is 19.5 Å². The molecule has 0 bridgehead atoms. The Hall–Kier alpha value is -1.79. The largest absolute Gasteiger partial charge is 0.481 e. The van der Waals surface area contributed by atoms with E-state index in [-0.39, 0.29) is 18.5 Å². The van der Waals surface area contributed by atoms with Crippen LogP contribution in [0.3, 0.4) is 0 Å². The lowest BCUT2D eigenvalue weighted by Gasteiger charge is -2.25. The molecule has 21 heavy (non-hydrogen) atoms. The minimum atomic E-state index is -0.866. The highest BCUT2D eigenvalue weighted by atomic mass is 16.4. The van der Waals surface area contributed by atoms with Crippen LogP contribution in [-0.4, -0.2) is 65.5 Å². The van der Waals surface area contributed by atoms with Crippen LogP contribution in [0, 0.1) is 5.41 Å². The summed E-state index contributed by atoms with van der Waals surface area (Å²) >= 11 is 0. The molecule has 1 fully saturated rings. The molecule has 1 aliphatic rings. The fourth-order valence-corrected chi connectivity index (χ4v) is 2.48. The van der Waals surface area contributed by atoms with Crippen molar-refractivity contribution in [2.75, 3.05) is 26.7 Å². The predicted molar refractivity (Wildman–Crippen MR) is 77.9 cm³/mol. The molecule has 0 saturated carbocycles. The molecule has 2 N–H and O–H groups in total. The zero-order chi connectivity index (χ0) is 16.2. The summed E-state index contributed by atoms with van der Waals surface area (Å²) in [4.78, 5) is 38.4. The Labute approximate surface area is 125 Å². The first-order chi connectivity index (χ1) is 9.77. The van der Waals surface area contributed by atoms with Gasteiger partial charge in [-0.15, -0.1) is 0 Å². The summed E-state index contributed by atoms with van der Waals surface area (Å²) in [5.41, 5.74) is -0.856. The summed E-state index contributed by atoms with van der Waals surface area (Å²) in [6.07, 6.45) is 0.933. The van der Waals surface area contributed by atoms with Crippen molar-refractivity contribution in [2.24, 2.45) is 5.41 Å². The standard InChI is InChI=1S/C14H25N3O4/c1-5-14(12(19)20)7-8-17(9-14)13(21)15-10(3)11(18)16(4)6-2/h10H,5-9H2,1-4H3,(H,15,21)(H,19,20). The van der Waals surface area contributed by atoms with E-state index in [1.54, 1.807) is 14.0 Å². The summed E-state index contributed by atoms with van der Waals surface area (Å²) in [6.45, 7) is 6.46. The quantitative estimate of drug-likeness (QED) is 0.784. The first kappa shape index (κ1) is 17.3. The first-order valence-electron chi connectivity index (χ1n) is 7.31. The number of urea groups is 1. The number of carbonyl (C=O) groups excluding carboxylic acids is 2. The van der Waals surface area contributed by atoms with Crippen LogP contribution in [0.2, 0.25) is 0 Å². The lowest BCUT2D eigenvalue weighted by Crippen LogP contribution is -2.50. The number of likely N-dealkylation sites (N-methyl/N-ethyl adjacent to an activating group) is 1. The lowest BCUT2D eigenvalue weighted by atomic mass is 9.84. The molecule has 0 spiro atoms. The van der Waals surface area contributed by atoms with Gasteiger partial charge in [0.25, 0.3) is 0 Å². The molecule has 0 radical (unpaired) electrons. The Morgan fingerprint density at radius 1 is 1.38 bits per heavy atom. The average Bonchev–Trinajstić information content (AvgIpc) is 2.91. The first-order valence-corrected chi connectivity index (χ1v) is 7.31. The van der Waals surface area contributed by atoms with Gasteiger partial charge in [0.15, 0.2) is 0 Å². The molecule has 2 atom stereocenters. The number of hydrogen-bond acceptors (Lipinski definition) is 3. The van der Waals surface area contributed by atoms with Crippen molar-refractivity contribution in [3.8, 4) is 0 Å². The van der Waals surface area contributed by atoms with Crippen molar-refractivity contribution in [2.45, 2.75) is 39.7 Å². The van der Waals surface area contributed by atoms with Crippen molar-refractivity contribution in [3.63, 3.8) is 0 Å². The highest BCUT2D eigenvalue weighted by Gasteiger charge is 2.45. The van der Waals surface area contributed by atoms with E-state index in [4.69, 9.17) is 0 Å². The molecule has 0 aliphatic carbocycles. The molecule has 1 aliphatic heterocycles. The van der Waals surface area contributed by atoms with Crippen LogP contribution in [-0.2, 0) is 9.59 Å². The van der Waals surface area contributed by atoms with E-state index in [1.165, 1.54) is 9.80 Å². The van der Waals surface area contributed by atoms with E-state index < -0.39 is 17.4 Å². The van der Waals surface area contributed by atoms with Gasteiger partial charge in [0, 0.05) is 26.7 Å². The molecule has 120 valence electrons. The maximum Gasteiger partial charge on any atom is 0.318 e. The second kappa shape index (κ2) is 6.78. The number of nitrogens with zero attached hydrogens (tertiary/aromatic N) is 2. The number of rotatable bonds is 5. The fourth-order valence-electron chi connectivity index (χ4n) is 2.48. The van der Waals surface area contributed by atoms with Gasteiger partial charge in [0.1, 0.15) is 6.04 Å². The molecular formula is C14H25N3O4. The van der Waals surface area contributed by atoms with Gasteiger partial charge in [-0.25, -0.2) is 4.79 Å². The maximum absolute atomic E-state index is 12.1. The van der Waals surface area contributed by atoms with Gasteiger partial charge in [-0.1, -0.05) is 6.92 Å². The second-order valence-corrected chi connectivity index (χ2v) is 5.63. The van der Waals surface area contributed by atoms with E-state index in [9.17, 15) is 19.5 Å². The van der Waals surface area contributed by atoms with Crippen LogP contribution in [0.1, 0.15) is 33.6 Å². The third kappa shape index (κ3) is 3.65. The molecular weight excluding hydrogens is 274 g/mol. The van der Waals surface area contributed by atoms with Gasteiger partial charge >= 0.3 is 12.0 Å². The number of carbonyl (C=O) groups is 3. The Morgan fingerprint density at radius 3 is 2.43 bits per heavy atom. The predicted octanol–water partition coefficient (Wildman–Crippen LogP) is 0.750. The number of carboxylic acid groups (broad SMARTS) is 1. The van der Waals surface area contributed by atoms with Crippen LogP contribution in [0.4, 0.5) is 4.79 Å². The number of nitrogens with one attached hydrogen (secondary N) is 1. The molecule has 7 heteroatoms. The SMILES string of the molecule is CCN(C)C(=O)C(C)NC(=O)N1CCC(CC)(C(=O)O)C1. The van der Waals surface area contributed by atoms with Gasteiger partial charge < -0.3 is 20.2 Å². The minimum absolute atomic E-state index is 0.162. The number of amides is 3. The Bertz CT molecular complexity index is 426. The Balaban J connectivity index is 2.62. The molecule has 0 aromatic rings. The monoisotopic (exact) mass is 299 g/mol. The molecule has 0 aromatic carbocycles. The zero-order valence-corrected chi connectivity index (χ0v) is 13.2. The molecule has 1 saturated heterocycles. The molecule has 1 heterocycles. The van der Waals surface area contributed by atoms with Gasteiger partial charge in [-0.2, -0.15) is 0 Å². The van der Waals surface area contributed by atoms with Crippen LogP contribution >= 0.6 is 0 Å². The third-order valence-electron chi connectivity index (χ3n) is 4.33. The number of carboxylic acids is 1. The summed E-state index contributed by atoms with van der Waals surface area (Å²) in [5.74, 6) is -1.03. The molecule has 3 amide bonds. The summed E-state index contributed by atoms with van der Waals surface area (Å²) < 4.78 is 0. The number of aliphatic carboxylic acids is 1. The van der Waals surface area contributed by atoms with E-state index in [0.29, 0.717) is 25.9 Å².